The second-order valence-corrected chi connectivity index (χ2v) is 11.3. The molecule has 3 rings (SSSR count). The van der Waals surface area contributed by atoms with Crippen LogP contribution in [0.3, 0.4) is 0 Å². The smallest absolute Gasteiger partial charge is 0.338 e. The quantitative estimate of drug-likeness (QED) is 0.519. The Balaban J connectivity index is 1.65. The molecule has 2 atom stereocenters. The molecule has 2 aromatic carbocycles. The van der Waals surface area contributed by atoms with Gasteiger partial charge < -0.3 is 14.8 Å². The number of nitrogens with zero attached hydrogens (tertiary/aromatic N) is 1. The van der Waals surface area contributed by atoms with Crippen LogP contribution in [0.25, 0.3) is 0 Å². The average molecular weight is 512 g/mol. The number of hydrogen-bond donors (Lipinski definition) is 2. The molecule has 1 aliphatic heterocycles. The minimum atomic E-state index is -3.95. The molecule has 1 saturated heterocycles. The van der Waals surface area contributed by atoms with Gasteiger partial charge in [0, 0.05) is 18.8 Å². The lowest BCUT2D eigenvalue weighted by atomic mass is 10.2. The summed E-state index contributed by atoms with van der Waals surface area (Å²) in [4.78, 5) is 24.3. The fourth-order valence-electron chi connectivity index (χ4n) is 3.42. The Morgan fingerprint density at radius 1 is 1.03 bits per heavy atom. The zero-order valence-corrected chi connectivity index (χ0v) is 20.1. The van der Waals surface area contributed by atoms with Crippen molar-refractivity contribution in [3.63, 3.8) is 0 Å². The van der Waals surface area contributed by atoms with Gasteiger partial charge in [-0.05, 0) is 50.2 Å². The highest BCUT2D eigenvalue weighted by Crippen LogP contribution is 2.22. The van der Waals surface area contributed by atoms with E-state index in [1.807, 2.05) is 0 Å². The zero-order chi connectivity index (χ0) is 25.1. The van der Waals surface area contributed by atoms with Gasteiger partial charge in [0.05, 0.1) is 27.6 Å². The van der Waals surface area contributed by atoms with Crippen LogP contribution in [0.4, 0.5) is 5.69 Å². The number of esters is 1. The van der Waals surface area contributed by atoms with E-state index in [4.69, 9.17) is 14.6 Å². The molecule has 1 fully saturated rings. The normalized spacial score (nSPS) is 19.4. The van der Waals surface area contributed by atoms with Crippen molar-refractivity contribution in [3.8, 4) is 0 Å². The molecule has 11 nitrogen and oxygen atoms in total. The Morgan fingerprint density at radius 2 is 1.65 bits per heavy atom. The number of sulfonamides is 2. The van der Waals surface area contributed by atoms with Gasteiger partial charge in [-0.3, -0.25) is 4.79 Å². The standard InChI is InChI=1S/C21H25N3O8S2/c1-14-11-24(12-15(2)32-14)34(29,30)19-8-3-5-16(9-19)21(26)31-13-20(25)23-17-6-4-7-18(10-17)33(22,27)28/h3-10,14-15H,11-13H2,1-2H3,(H,23,25)(H2,22,27,28)/t14-,15-/m1/s1. The zero-order valence-electron chi connectivity index (χ0n) is 18.5. The summed E-state index contributed by atoms with van der Waals surface area (Å²) in [5.74, 6) is -1.62. The van der Waals surface area contributed by atoms with Gasteiger partial charge in [0.25, 0.3) is 5.91 Å². The fourth-order valence-corrected chi connectivity index (χ4v) is 5.62. The van der Waals surface area contributed by atoms with Crippen LogP contribution >= 0.6 is 0 Å². The van der Waals surface area contributed by atoms with Crippen LogP contribution in [0.2, 0.25) is 0 Å². The van der Waals surface area contributed by atoms with E-state index in [9.17, 15) is 26.4 Å². The van der Waals surface area contributed by atoms with Crippen molar-refractivity contribution in [1.29, 1.82) is 0 Å². The summed E-state index contributed by atoms with van der Waals surface area (Å²) >= 11 is 0. The molecule has 0 saturated carbocycles. The highest BCUT2D eigenvalue weighted by molar-refractivity contribution is 7.89. The van der Waals surface area contributed by atoms with Gasteiger partial charge in [0.1, 0.15) is 0 Å². The molecule has 13 heteroatoms. The van der Waals surface area contributed by atoms with E-state index in [-0.39, 0.29) is 46.3 Å². The molecule has 1 heterocycles. The van der Waals surface area contributed by atoms with Crippen LogP contribution in [-0.2, 0) is 34.3 Å². The number of anilines is 1. The molecule has 0 unspecified atom stereocenters. The summed E-state index contributed by atoms with van der Waals surface area (Å²) in [7, 11) is -7.81. The molecular weight excluding hydrogens is 486 g/mol. The maximum Gasteiger partial charge on any atom is 0.338 e. The first-order valence-corrected chi connectivity index (χ1v) is 13.2. The van der Waals surface area contributed by atoms with Gasteiger partial charge >= 0.3 is 5.97 Å². The number of ether oxygens (including phenoxy) is 2. The van der Waals surface area contributed by atoms with E-state index in [1.165, 1.54) is 46.8 Å². The number of rotatable bonds is 7. The van der Waals surface area contributed by atoms with Crippen molar-refractivity contribution >= 4 is 37.6 Å². The summed E-state index contributed by atoms with van der Waals surface area (Å²) < 4.78 is 60.7. The minimum absolute atomic E-state index is 0.0422. The Hall–Kier alpha value is -2.84. The summed E-state index contributed by atoms with van der Waals surface area (Å²) in [6, 6.07) is 10.6. The third-order valence-electron chi connectivity index (χ3n) is 4.87. The highest BCUT2D eigenvalue weighted by Gasteiger charge is 2.32. The summed E-state index contributed by atoms with van der Waals surface area (Å²) in [6.07, 6.45) is -0.535. The van der Waals surface area contributed by atoms with Gasteiger partial charge in [-0.25, -0.2) is 26.8 Å². The monoisotopic (exact) mass is 511 g/mol. The van der Waals surface area contributed by atoms with Crippen LogP contribution < -0.4 is 10.5 Å². The van der Waals surface area contributed by atoms with Crippen LogP contribution in [0.15, 0.2) is 58.3 Å². The first kappa shape index (κ1) is 25.8. The number of nitrogens with two attached hydrogens (primary N) is 1. The largest absolute Gasteiger partial charge is 0.452 e. The molecule has 2 aromatic rings. The Bertz CT molecular complexity index is 1280. The molecule has 0 radical (unpaired) electrons. The summed E-state index contributed by atoms with van der Waals surface area (Å²) in [5.41, 5.74) is 0.106. The van der Waals surface area contributed by atoms with E-state index in [1.54, 1.807) is 13.8 Å². The number of benzene rings is 2. The SMILES string of the molecule is C[C@@H]1CN(S(=O)(=O)c2cccc(C(=O)OCC(=O)Nc3cccc(S(N)(=O)=O)c3)c2)C[C@@H](C)O1. The second kappa shape index (κ2) is 10.2. The van der Waals surface area contributed by atoms with Crippen molar-refractivity contribution in [2.24, 2.45) is 5.14 Å². The van der Waals surface area contributed by atoms with E-state index >= 15 is 0 Å². The van der Waals surface area contributed by atoms with Crippen LogP contribution in [0.1, 0.15) is 24.2 Å². The number of carbonyl (C=O) groups is 2. The molecule has 0 spiro atoms. The molecule has 0 aliphatic carbocycles. The van der Waals surface area contributed by atoms with E-state index in [2.05, 4.69) is 5.32 Å². The fraction of sp³-hybridized carbons (Fsp3) is 0.333. The number of morpholine rings is 1. The molecular formula is C21H25N3O8S2. The Labute approximate surface area is 197 Å². The van der Waals surface area contributed by atoms with Crippen molar-refractivity contribution in [1.82, 2.24) is 4.31 Å². The van der Waals surface area contributed by atoms with E-state index in [0.29, 0.717) is 0 Å². The van der Waals surface area contributed by atoms with Gasteiger partial charge in [0.2, 0.25) is 20.0 Å². The van der Waals surface area contributed by atoms with Gasteiger partial charge in [-0.15, -0.1) is 0 Å². The van der Waals surface area contributed by atoms with E-state index < -0.39 is 38.5 Å². The number of nitrogens with one attached hydrogen (secondary N) is 1. The molecule has 1 aliphatic rings. The van der Waals surface area contributed by atoms with Gasteiger partial charge in [-0.2, -0.15) is 4.31 Å². The van der Waals surface area contributed by atoms with Gasteiger partial charge in [0.15, 0.2) is 6.61 Å². The van der Waals surface area contributed by atoms with Crippen molar-refractivity contribution in [3.05, 3.63) is 54.1 Å². The first-order valence-electron chi connectivity index (χ1n) is 10.2. The Kier molecular flexibility index (Phi) is 7.73. The lowest BCUT2D eigenvalue weighted by molar-refractivity contribution is -0.119. The number of carbonyl (C=O) groups excluding carboxylic acids is 2. The lowest BCUT2D eigenvalue weighted by Crippen LogP contribution is -2.48. The highest BCUT2D eigenvalue weighted by atomic mass is 32.2. The number of amides is 1. The summed E-state index contributed by atoms with van der Waals surface area (Å²) in [5, 5.41) is 7.46. The Morgan fingerprint density at radius 3 is 2.29 bits per heavy atom. The maximum atomic E-state index is 13.0. The average Bonchev–Trinajstić information content (AvgIpc) is 2.76. The van der Waals surface area contributed by atoms with Crippen molar-refractivity contribution < 1.29 is 35.9 Å². The third-order valence-corrected chi connectivity index (χ3v) is 7.61. The predicted molar refractivity (Wildman–Crippen MR) is 122 cm³/mol. The number of hydrogen-bond acceptors (Lipinski definition) is 8. The molecule has 184 valence electrons. The van der Waals surface area contributed by atoms with Crippen molar-refractivity contribution in [2.75, 3.05) is 25.0 Å². The van der Waals surface area contributed by atoms with E-state index in [0.717, 1.165) is 6.07 Å². The maximum absolute atomic E-state index is 13.0. The van der Waals surface area contributed by atoms with Gasteiger partial charge in [-0.1, -0.05) is 12.1 Å². The molecule has 1 amide bonds. The molecule has 3 N–H and O–H groups in total. The number of primary sulfonamides is 1. The summed E-state index contributed by atoms with van der Waals surface area (Å²) in [6.45, 7) is 3.26. The van der Waals surface area contributed by atoms with Crippen LogP contribution in [0, 0.1) is 0 Å². The van der Waals surface area contributed by atoms with Crippen LogP contribution in [0.5, 0.6) is 0 Å². The molecule has 34 heavy (non-hydrogen) atoms. The predicted octanol–water partition coefficient (Wildman–Crippen LogP) is 0.927. The molecule has 0 aromatic heterocycles. The minimum Gasteiger partial charge on any atom is -0.452 e. The topological polar surface area (TPSA) is 162 Å². The van der Waals surface area contributed by atoms with Crippen LogP contribution in [-0.4, -0.2) is 64.9 Å². The van der Waals surface area contributed by atoms with Crippen molar-refractivity contribution in [2.45, 2.75) is 35.8 Å². The third kappa shape index (κ3) is 6.39. The first-order chi connectivity index (χ1) is 15.9. The lowest BCUT2D eigenvalue weighted by Gasteiger charge is -2.34. The molecule has 0 bridgehead atoms. The second-order valence-electron chi connectivity index (χ2n) is 7.80.